The molecule has 3 nitrogen and oxygen atoms in total. The second-order valence-corrected chi connectivity index (χ2v) is 4.79. The second kappa shape index (κ2) is 4.38. The Kier molecular flexibility index (Phi) is 3.15. The third-order valence-corrected chi connectivity index (χ3v) is 3.74. The van der Waals surface area contributed by atoms with Crippen LogP contribution in [0.5, 0.6) is 0 Å². The smallest absolute Gasteiger partial charge is 0.0797 e. The highest BCUT2D eigenvalue weighted by Gasteiger charge is 2.19. The standard InChI is InChI=1S/C10H16N2OS/c1-8-10(14-7-11-8)3-5-12-4-2-9(13)6-12/h7,9,13H,2-6H2,1H3. The van der Waals surface area contributed by atoms with Gasteiger partial charge in [-0.2, -0.15) is 0 Å². The SMILES string of the molecule is Cc1ncsc1CCN1CCC(O)C1. The summed E-state index contributed by atoms with van der Waals surface area (Å²) in [5.41, 5.74) is 3.07. The zero-order valence-electron chi connectivity index (χ0n) is 8.44. The predicted molar refractivity (Wildman–Crippen MR) is 57.6 cm³/mol. The lowest BCUT2D eigenvalue weighted by Gasteiger charge is -2.13. The Balaban J connectivity index is 1.80. The van der Waals surface area contributed by atoms with Gasteiger partial charge < -0.3 is 10.0 Å². The van der Waals surface area contributed by atoms with Crippen molar-refractivity contribution in [3.63, 3.8) is 0 Å². The molecule has 1 atom stereocenters. The molecule has 0 amide bonds. The van der Waals surface area contributed by atoms with Crippen LogP contribution in [0.15, 0.2) is 5.51 Å². The molecule has 1 unspecified atom stereocenters. The maximum Gasteiger partial charge on any atom is 0.0797 e. The molecule has 1 aromatic heterocycles. The maximum atomic E-state index is 9.36. The van der Waals surface area contributed by atoms with Crippen LogP contribution in [-0.4, -0.2) is 40.7 Å². The van der Waals surface area contributed by atoms with E-state index in [1.165, 1.54) is 4.88 Å². The van der Waals surface area contributed by atoms with Crippen molar-refractivity contribution >= 4 is 11.3 Å². The number of aryl methyl sites for hydroxylation is 1. The molecule has 2 heterocycles. The van der Waals surface area contributed by atoms with Crippen molar-refractivity contribution in [1.82, 2.24) is 9.88 Å². The maximum absolute atomic E-state index is 9.36. The van der Waals surface area contributed by atoms with Crippen molar-refractivity contribution < 1.29 is 5.11 Å². The highest BCUT2D eigenvalue weighted by molar-refractivity contribution is 7.09. The molecule has 1 aromatic rings. The van der Waals surface area contributed by atoms with Crippen LogP contribution in [0.1, 0.15) is 17.0 Å². The number of rotatable bonds is 3. The fourth-order valence-corrected chi connectivity index (χ4v) is 2.61. The van der Waals surface area contributed by atoms with Crippen LogP contribution in [-0.2, 0) is 6.42 Å². The summed E-state index contributed by atoms with van der Waals surface area (Å²) in [6, 6.07) is 0. The third kappa shape index (κ3) is 2.32. The van der Waals surface area contributed by atoms with Crippen LogP contribution in [0.25, 0.3) is 0 Å². The molecule has 1 N–H and O–H groups in total. The van der Waals surface area contributed by atoms with Gasteiger partial charge in [-0.05, 0) is 19.8 Å². The van der Waals surface area contributed by atoms with Gasteiger partial charge in [-0.15, -0.1) is 11.3 Å². The normalized spacial score (nSPS) is 23.1. The number of aliphatic hydroxyl groups is 1. The van der Waals surface area contributed by atoms with Gasteiger partial charge in [0.1, 0.15) is 0 Å². The number of hydrogen-bond donors (Lipinski definition) is 1. The van der Waals surface area contributed by atoms with Gasteiger partial charge in [0.15, 0.2) is 0 Å². The molecule has 78 valence electrons. The fraction of sp³-hybridized carbons (Fsp3) is 0.700. The molecule has 14 heavy (non-hydrogen) atoms. The number of aromatic nitrogens is 1. The molecule has 0 aromatic carbocycles. The summed E-state index contributed by atoms with van der Waals surface area (Å²) in [6.45, 7) is 5.00. The number of likely N-dealkylation sites (tertiary alicyclic amines) is 1. The van der Waals surface area contributed by atoms with E-state index in [-0.39, 0.29) is 6.10 Å². The van der Waals surface area contributed by atoms with E-state index in [4.69, 9.17) is 0 Å². The van der Waals surface area contributed by atoms with E-state index in [1.54, 1.807) is 11.3 Å². The molecule has 0 saturated carbocycles. The summed E-state index contributed by atoms with van der Waals surface area (Å²) in [5.74, 6) is 0. The lowest BCUT2D eigenvalue weighted by atomic mass is 10.3. The summed E-state index contributed by atoms with van der Waals surface area (Å²) < 4.78 is 0. The summed E-state index contributed by atoms with van der Waals surface area (Å²) in [7, 11) is 0. The lowest BCUT2D eigenvalue weighted by molar-refractivity contribution is 0.177. The van der Waals surface area contributed by atoms with Crippen LogP contribution in [0, 0.1) is 6.92 Å². The Hall–Kier alpha value is -0.450. The molecule has 0 spiro atoms. The van der Waals surface area contributed by atoms with Crippen molar-refractivity contribution in [3.05, 3.63) is 16.1 Å². The zero-order valence-corrected chi connectivity index (χ0v) is 9.26. The minimum Gasteiger partial charge on any atom is -0.392 e. The molecular weight excluding hydrogens is 196 g/mol. The largest absolute Gasteiger partial charge is 0.392 e. The number of hydrogen-bond acceptors (Lipinski definition) is 4. The summed E-state index contributed by atoms with van der Waals surface area (Å²) in [5, 5.41) is 9.36. The highest BCUT2D eigenvalue weighted by atomic mass is 32.1. The topological polar surface area (TPSA) is 36.4 Å². The first-order valence-corrected chi connectivity index (χ1v) is 5.93. The second-order valence-electron chi connectivity index (χ2n) is 3.85. The number of aliphatic hydroxyl groups excluding tert-OH is 1. The van der Waals surface area contributed by atoms with E-state index in [0.717, 1.165) is 38.2 Å². The Morgan fingerprint density at radius 3 is 3.14 bits per heavy atom. The summed E-state index contributed by atoms with van der Waals surface area (Å²) in [6.07, 6.45) is 1.91. The summed E-state index contributed by atoms with van der Waals surface area (Å²) >= 11 is 1.73. The molecule has 2 rings (SSSR count). The molecule has 1 aliphatic heterocycles. The average Bonchev–Trinajstić information content (AvgIpc) is 2.72. The fourth-order valence-electron chi connectivity index (χ4n) is 1.84. The predicted octanol–water partition coefficient (Wildman–Crippen LogP) is 1.06. The van der Waals surface area contributed by atoms with Crippen molar-refractivity contribution in [2.45, 2.75) is 25.9 Å². The van der Waals surface area contributed by atoms with E-state index in [1.807, 2.05) is 5.51 Å². The molecule has 0 aliphatic carbocycles. The first kappa shape index (κ1) is 10.1. The Labute approximate surface area is 88.4 Å². The lowest BCUT2D eigenvalue weighted by Crippen LogP contribution is -2.24. The number of thiazole rings is 1. The van der Waals surface area contributed by atoms with Crippen LogP contribution in [0.3, 0.4) is 0 Å². The van der Waals surface area contributed by atoms with Crippen LogP contribution >= 0.6 is 11.3 Å². The van der Waals surface area contributed by atoms with E-state index in [2.05, 4.69) is 16.8 Å². The first-order valence-electron chi connectivity index (χ1n) is 5.05. The Bertz CT molecular complexity index is 300. The van der Waals surface area contributed by atoms with E-state index < -0.39 is 0 Å². The molecule has 0 bridgehead atoms. The Morgan fingerprint density at radius 2 is 2.57 bits per heavy atom. The molecule has 0 radical (unpaired) electrons. The zero-order chi connectivity index (χ0) is 9.97. The van der Waals surface area contributed by atoms with Crippen LogP contribution in [0.4, 0.5) is 0 Å². The van der Waals surface area contributed by atoms with Gasteiger partial charge in [-0.1, -0.05) is 0 Å². The van der Waals surface area contributed by atoms with Crippen molar-refractivity contribution in [1.29, 1.82) is 0 Å². The van der Waals surface area contributed by atoms with Crippen LogP contribution < -0.4 is 0 Å². The first-order chi connectivity index (χ1) is 6.75. The highest BCUT2D eigenvalue weighted by Crippen LogP contribution is 2.15. The van der Waals surface area contributed by atoms with Gasteiger partial charge >= 0.3 is 0 Å². The third-order valence-electron chi connectivity index (χ3n) is 2.75. The minimum absolute atomic E-state index is 0.0995. The van der Waals surface area contributed by atoms with Gasteiger partial charge in [-0.25, -0.2) is 4.98 Å². The minimum atomic E-state index is -0.0995. The quantitative estimate of drug-likeness (QED) is 0.814. The molecule has 4 heteroatoms. The van der Waals surface area contributed by atoms with Gasteiger partial charge in [0.2, 0.25) is 0 Å². The van der Waals surface area contributed by atoms with Gasteiger partial charge in [0.25, 0.3) is 0 Å². The molecular formula is C10H16N2OS. The van der Waals surface area contributed by atoms with Crippen molar-refractivity contribution in [2.24, 2.45) is 0 Å². The van der Waals surface area contributed by atoms with Gasteiger partial charge in [-0.3, -0.25) is 0 Å². The number of β-amino-alcohol motifs (C(OH)–C–C–N with tert-alkyl or cyclic N) is 1. The van der Waals surface area contributed by atoms with Gasteiger partial charge in [0, 0.05) is 24.5 Å². The average molecular weight is 212 g/mol. The van der Waals surface area contributed by atoms with Crippen LogP contribution in [0.2, 0.25) is 0 Å². The monoisotopic (exact) mass is 212 g/mol. The van der Waals surface area contributed by atoms with Crippen molar-refractivity contribution in [2.75, 3.05) is 19.6 Å². The van der Waals surface area contributed by atoms with E-state index in [0.29, 0.717) is 0 Å². The number of nitrogens with zero attached hydrogens (tertiary/aromatic N) is 2. The summed E-state index contributed by atoms with van der Waals surface area (Å²) in [4.78, 5) is 7.93. The van der Waals surface area contributed by atoms with E-state index >= 15 is 0 Å². The Morgan fingerprint density at radius 1 is 1.71 bits per heavy atom. The van der Waals surface area contributed by atoms with Crippen molar-refractivity contribution in [3.8, 4) is 0 Å². The molecule has 1 saturated heterocycles. The molecule has 1 aliphatic rings. The van der Waals surface area contributed by atoms with E-state index in [9.17, 15) is 5.11 Å². The van der Waals surface area contributed by atoms with Gasteiger partial charge in [0.05, 0.1) is 17.3 Å². The molecule has 1 fully saturated rings.